The second-order valence-electron chi connectivity index (χ2n) is 6.95. The Hall–Kier alpha value is -3.32. The molecule has 1 heterocycles. The van der Waals surface area contributed by atoms with Crippen LogP contribution in [0.5, 0.6) is 5.75 Å². The molecule has 0 N–H and O–H groups in total. The summed E-state index contributed by atoms with van der Waals surface area (Å²) in [6, 6.07) is 21.8. The van der Waals surface area contributed by atoms with Crippen LogP contribution >= 0.6 is 11.8 Å². The van der Waals surface area contributed by atoms with E-state index >= 15 is 0 Å². The Labute approximate surface area is 178 Å². The van der Waals surface area contributed by atoms with Crippen LogP contribution in [0.4, 0.5) is 5.69 Å². The molecule has 0 saturated heterocycles. The van der Waals surface area contributed by atoms with E-state index in [-0.39, 0.29) is 16.8 Å². The molecule has 3 aromatic carbocycles. The van der Waals surface area contributed by atoms with Crippen molar-refractivity contribution in [1.29, 1.82) is 0 Å². The van der Waals surface area contributed by atoms with Crippen molar-refractivity contribution in [2.24, 2.45) is 0 Å². The molecule has 1 unspecified atom stereocenters. The molecule has 152 valence electrons. The van der Waals surface area contributed by atoms with Crippen LogP contribution in [0.25, 0.3) is 0 Å². The third-order valence-corrected chi connectivity index (χ3v) is 6.36. The van der Waals surface area contributed by atoms with Gasteiger partial charge in [-0.3, -0.25) is 14.9 Å². The molecule has 6 nitrogen and oxygen atoms in total. The van der Waals surface area contributed by atoms with Gasteiger partial charge in [0.15, 0.2) is 0 Å². The molecule has 0 saturated carbocycles. The van der Waals surface area contributed by atoms with E-state index in [1.54, 1.807) is 35.9 Å². The lowest BCUT2D eigenvalue weighted by Gasteiger charge is -2.25. The van der Waals surface area contributed by atoms with Crippen LogP contribution in [-0.2, 0) is 6.54 Å². The highest BCUT2D eigenvalue weighted by atomic mass is 32.2. The number of carbonyl (C=O) groups is 1. The standard InChI is InChI=1S/C23H20N2O4S/c1-29-20-8-4-2-6-18(20)22-15-24(14-16-10-12-17(13-11-16)25(27)28)23(26)19-7-3-5-9-21(19)30-22/h2-13,22H,14-15H2,1H3. The minimum absolute atomic E-state index is 0.00759. The molecule has 0 aliphatic carbocycles. The first-order valence-electron chi connectivity index (χ1n) is 9.48. The number of hydrogen-bond acceptors (Lipinski definition) is 5. The molecule has 0 radical (unpaired) electrons. The number of nitro groups is 1. The maximum absolute atomic E-state index is 13.3. The largest absolute Gasteiger partial charge is 0.496 e. The van der Waals surface area contributed by atoms with Crippen molar-refractivity contribution in [2.75, 3.05) is 13.7 Å². The normalized spacial score (nSPS) is 16.0. The molecule has 1 aliphatic rings. The van der Waals surface area contributed by atoms with E-state index in [2.05, 4.69) is 0 Å². The van der Waals surface area contributed by atoms with E-state index in [0.717, 1.165) is 21.8 Å². The number of nitrogens with zero attached hydrogens (tertiary/aromatic N) is 2. The minimum atomic E-state index is -0.425. The number of carbonyl (C=O) groups excluding carboxylic acids is 1. The van der Waals surface area contributed by atoms with Crippen molar-refractivity contribution < 1.29 is 14.5 Å². The summed E-state index contributed by atoms with van der Waals surface area (Å²) in [7, 11) is 1.65. The predicted molar refractivity (Wildman–Crippen MR) is 116 cm³/mol. The summed E-state index contributed by atoms with van der Waals surface area (Å²) < 4.78 is 5.56. The third kappa shape index (κ3) is 4.02. The van der Waals surface area contributed by atoms with Crippen molar-refractivity contribution >= 4 is 23.4 Å². The van der Waals surface area contributed by atoms with E-state index in [1.807, 2.05) is 48.5 Å². The van der Waals surface area contributed by atoms with Gasteiger partial charge in [-0.2, -0.15) is 0 Å². The highest BCUT2D eigenvalue weighted by Gasteiger charge is 2.30. The average molecular weight is 420 g/mol. The quantitative estimate of drug-likeness (QED) is 0.424. The van der Waals surface area contributed by atoms with Gasteiger partial charge >= 0.3 is 0 Å². The number of nitro benzene ring substituents is 1. The summed E-state index contributed by atoms with van der Waals surface area (Å²) in [6.45, 7) is 0.868. The number of amides is 1. The van der Waals surface area contributed by atoms with Crippen LogP contribution < -0.4 is 4.74 Å². The van der Waals surface area contributed by atoms with Crippen molar-refractivity contribution in [3.63, 3.8) is 0 Å². The van der Waals surface area contributed by atoms with E-state index in [0.29, 0.717) is 18.7 Å². The fourth-order valence-electron chi connectivity index (χ4n) is 3.56. The zero-order chi connectivity index (χ0) is 21.1. The van der Waals surface area contributed by atoms with Crippen LogP contribution in [0.1, 0.15) is 26.7 Å². The Bertz CT molecular complexity index is 1080. The van der Waals surface area contributed by atoms with Gasteiger partial charge in [-0.25, -0.2) is 0 Å². The van der Waals surface area contributed by atoms with Gasteiger partial charge in [0.1, 0.15) is 5.75 Å². The van der Waals surface area contributed by atoms with Gasteiger partial charge in [-0.05, 0) is 23.8 Å². The molecule has 0 fully saturated rings. The zero-order valence-electron chi connectivity index (χ0n) is 16.4. The maximum Gasteiger partial charge on any atom is 0.269 e. The first-order chi connectivity index (χ1) is 14.6. The van der Waals surface area contributed by atoms with Crippen molar-refractivity contribution in [3.05, 3.63) is 99.6 Å². The molecule has 3 aromatic rings. The van der Waals surface area contributed by atoms with Gasteiger partial charge in [-0.1, -0.05) is 42.5 Å². The molecule has 0 spiro atoms. The van der Waals surface area contributed by atoms with Crippen LogP contribution in [0, 0.1) is 10.1 Å². The number of para-hydroxylation sites is 1. The number of ether oxygens (including phenoxy) is 1. The summed E-state index contributed by atoms with van der Waals surface area (Å²) in [4.78, 5) is 26.6. The SMILES string of the molecule is COc1ccccc1C1CN(Cc2ccc([N+](=O)[O-])cc2)C(=O)c2ccccc2S1. The van der Waals surface area contributed by atoms with Crippen molar-refractivity contribution in [1.82, 2.24) is 4.90 Å². The number of fused-ring (bicyclic) bond motifs is 1. The highest BCUT2D eigenvalue weighted by Crippen LogP contribution is 2.43. The first kappa shape index (κ1) is 20.0. The number of thioether (sulfide) groups is 1. The molecule has 1 aliphatic heterocycles. The minimum Gasteiger partial charge on any atom is -0.496 e. The van der Waals surface area contributed by atoms with Crippen LogP contribution in [0.3, 0.4) is 0 Å². The summed E-state index contributed by atoms with van der Waals surface area (Å²) in [5.74, 6) is 0.742. The second kappa shape index (κ2) is 8.59. The number of rotatable bonds is 5. The average Bonchev–Trinajstić information content (AvgIpc) is 2.91. The van der Waals surface area contributed by atoms with Gasteiger partial charge in [0.2, 0.25) is 0 Å². The van der Waals surface area contributed by atoms with Gasteiger partial charge in [-0.15, -0.1) is 11.8 Å². The predicted octanol–water partition coefficient (Wildman–Crippen LogP) is 5.09. The monoisotopic (exact) mass is 420 g/mol. The molecule has 0 bridgehead atoms. The third-order valence-electron chi connectivity index (χ3n) is 5.07. The molecule has 7 heteroatoms. The molecular weight excluding hydrogens is 400 g/mol. The van der Waals surface area contributed by atoms with Gasteiger partial charge < -0.3 is 9.64 Å². The molecule has 1 amide bonds. The number of methoxy groups -OCH3 is 1. The van der Waals surface area contributed by atoms with Gasteiger partial charge in [0.25, 0.3) is 11.6 Å². The lowest BCUT2D eigenvalue weighted by molar-refractivity contribution is -0.384. The fourth-order valence-corrected chi connectivity index (χ4v) is 4.89. The van der Waals surface area contributed by atoms with Crippen molar-refractivity contribution in [3.8, 4) is 5.75 Å². The Balaban J connectivity index is 1.70. The lowest BCUT2D eigenvalue weighted by Crippen LogP contribution is -2.32. The molecule has 0 aromatic heterocycles. The summed E-state index contributed by atoms with van der Waals surface area (Å²) in [5, 5.41) is 10.9. The molecule has 4 rings (SSSR count). The van der Waals surface area contributed by atoms with E-state index < -0.39 is 4.92 Å². The fraction of sp³-hybridized carbons (Fsp3) is 0.174. The Morgan fingerprint density at radius 3 is 2.50 bits per heavy atom. The van der Waals surface area contributed by atoms with Crippen LogP contribution in [0.15, 0.2) is 77.7 Å². The van der Waals surface area contributed by atoms with E-state index in [1.165, 1.54) is 12.1 Å². The number of hydrogen-bond donors (Lipinski definition) is 0. The van der Waals surface area contributed by atoms with Crippen LogP contribution in [-0.4, -0.2) is 29.4 Å². The smallest absolute Gasteiger partial charge is 0.269 e. The maximum atomic E-state index is 13.3. The summed E-state index contributed by atoms with van der Waals surface area (Å²) >= 11 is 1.65. The zero-order valence-corrected chi connectivity index (χ0v) is 17.2. The molecule has 1 atom stereocenters. The summed E-state index contributed by atoms with van der Waals surface area (Å²) in [6.07, 6.45) is 0. The highest BCUT2D eigenvalue weighted by molar-refractivity contribution is 7.99. The van der Waals surface area contributed by atoms with Crippen LogP contribution in [0.2, 0.25) is 0 Å². The second-order valence-corrected chi connectivity index (χ2v) is 8.20. The van der Waals surface area contributed by atoms with E-state index in [4.69, 9.17) is 4.74 Å². The number of benzene rings is 3. The van der Waals surface area contributed by atoms with Gasteiger partial charge in [0, 0.05) is 35.7 Å². The Kier molecular flexibility index (Phi) is 5.72. The summed E-state index contributed by atoms with van der Waals surface area (Å²) in [5.41, 5.74) is 2.58. The molecular formula is C23H20N2O4S. The Morgan fingerprint density at radius 2 is 1.77 bits per heavy atom. The van der Waals surface area contributed by atoms with Crippen molar-refractivity contribution in [2.45, 2.75) is 16.7 Å². The van der Waals surface area contributed by atoms with E-state index in [9.17, 15) is 14.9 Å². The lowest BCUT2D eigenvalue weighted by atomic mass is 10.1. The molecule has 30 heavy (non-hydrogen) atoms. The first-order valence-corrected chi connectivity index (χ1v) is 10.4. The van der Waals surface area contributed by atoms with Gasteiger partial charge in [0.05, 0.1) is 22.8 Å². The number of non-ortho nitro benzene ring substituents is 1. The topological polar surface area (TPSA) is 72.7 Å². The Morgan fingerprint density at radius 1 is 1.07 bits per heavy atom.